The van der Waals surface area contributed by atoms with Crippen LogP contribution in [0.15, 0.2) is 54.6 Å². The summed E-state index contributed by atoms with van der Waals surface area (Å²) in [5.41, 5.74) is 0.935. The number of nitrogens with one attached hydrogen (secondary N) is 2. The van der Waals surface area contributed by atoms with Crippen LogP contribution in [-0.2, 0) is 32.1 Å². The summed E-state index contributed by atoms with van der Waals surface area (Å²) >= 11 is 0. The molecule has 2 amide bonds. The Morgan fingerprint density at radius 1 is 0.909 bits per heavy atom. The van der Waals surface area contributed by atoms with Crippen LogP contribution in [-0.4, -0.2) is 42.8 Å². The molecule has 0 fully saturated rings. The van der Waals surface area contributed by atoms with Crippen molar-refractivity contribution in [1.29, 1.82) is 0 Å². The first-order valence-electron chi connectivity index (χ1n) is 10.7. The average Bonchev–Trinajstić information content (AvgIpc) is 2.77. The van der Waals surface area contributed by atoms with Crippen LogP contribution in [0, 0.1) is 0 Å². The van der Waals surface area contributed by atoms with E-state index in [0.29, 0.717) is 5.75 Å². The maximum Gasteiger partial charge on any atom is 0.408 e. The zero-order valence-electron chi connectivity index (χ0n) is 19.7. The van der Waals surface area contributed by atoms with Gasteiger partial charge in [0.2, 0.25) is 5.91 Å². The van der Waals surface area contributed by atoms with Crippen LogP contribution in [0.3, 0.4) is 0 Å². The minimum atomic E-state index is -0.966. The van der Waals surface area contributed by atoms with Crippen LogP contribution < -0.4 is 15.4 Å². The monoisotopic (exact) mass is 456 g/mol. The van der Waals surface area contributed by atoms with E-state index in [2.05, 4.69) is 10.6 Å². The summed E-state index contributed by atoms with van der Waals surface area (Å²) in [6.45, 7) is 6.84. The smallest absolute Gasteiger partial charge is 0.408 e. The Hall–Kier alpha value is -3.55. The molecular weight excluding hydrogens is 424 g/mol. The summed E-state index contributed by atoms with van der Waals surface area (Å²) < 4.78 is 15.7. The van der Waals surface area contributed by atoms with Crippen LogP contribution >= 0.6 is 0 Å². The highest BCUT2D eigenvalue weighted by Crippen LogP contribution is 2.14. The molecule has 0 spiro atoms. The van der Waals surface area contributed by atoms with Crippen molar-refractivity contribution in [1.82, 2.24) is 10.6 Å². The Morgan fingerprint density at radius 3 is 2.12 bits per heavy atom. The van der Waals surface area contributed by atoms with Gasteiger partial charge in [0.05, 0.1) is 7.11 Å². The molecule has 2 aromatic carbocycles. The maximum atomic E-state index is 12.9. The Balaban J connectivity index is 2.06. The quantitative estimate of drug-likeness (QED) is 0.561. The molecule has 0 aliphatic heterocycles. The van der Waals surface area contributed by atoms with Gasteiger partial charge in [-0.2, -0.15) is 0 Å². The lowest BCUT2D eigenvalue weighted by molar-refractivity contribution is -0.158. The fourth-order valence-corrected chi connectivity index (χ4v) is 2.88. The second-order valence-corrected chi connectivity index (χ2v) is 8.57. The Labute approximate surface area is 194 Å². The second-order valence-electron chi connectivity index (χ2n) is 8.57. The minimum Gasteiger partial charge on any atom is -0.497 e. The molecule has 0 saturated carbocycles. The molecule has 0 unspecified atom stereocenters. The van der Waals surface area contributed by atoms with Gasteiger partial charge in [-0.05, 0) is 51.0 Å². The number of amides is 2. The largest absolute Gasteiger partial charge is 0.497 e. The normalized spacial score (nSPS) is 12.8. The predicted octanol–water partition coefficient (Wildman–Crippen LogP) is 3.38. The van der Waals surface area contributed by atoms with E-state index < -0.39 is 35.7 Å². The van der Waals surface area contributed by atoms with E-state index in [0.717, 1.165) is 11.1 Å². The zero-order chi connectivity index (χ0) is 24.4. The van der Waals surface area contributed by atoms with Gasteiger partial charge in [0.15, 0.2) is 0 Å². The van der Waals surface area contributed by atoms with Gasteiger partial charge in [0.1, 0.15) is 30.0 Å². The van der Waals surface area contributed by atoms with Crippen molar-refractivity contribution in [2.24, 2.45) is 0 Å². The number of esters is 1. The molecule has 2 atom stereocenters. The van der Waals surface area contributed by atoms with Gasteiger partial charge in [-0.1, -0.05) is 42.5 Å². The molecule has 0 radical (unpaired) electrons. The van der Waals surface area contributed by atoms with Crippen molar-refractivity contribution in [3.05, 3.63) is 65.7 Å². The summed E-state index contributed by atoms with van der Waals surface area (Å²) in [5, 5.41) is 5.22. The molecule has 0 heterocycles. The summed E-state index contributed by atoms with van der Waals surface area (Å²) in [7, 11) is 1.56. The van der Waals surface area contributed by atoms with E-state index in [1.165, 1.54) is 6.92 Å². The molecule has 2 rings (SSSR count). The SMILES string of the molecule is COc1ccc(C[C@H](NC(=O)OCc2ccccc2)C(=O)N[C@@H](C)C(=O)OC(C)(C)C)cc1. The van der Waals surface area contributed by atoms with Crippen molar-refractivity contribution in [3.63, 3.8) is 0 Å². The van der Waals surface area contributed by atoms with Crippen LogP contribution in [0.5, 0.6) is 5.75 Å². The van der Waals surface area contributed by atoms with Crippen molar-refractivity contribution in [2.75, 3.05) is 7.11 Å². The van der Waals surface area contributed by atoms with Crippen LogP contribution in [0.1, 0.15) is 38.8 Å². The van der Waals surface area contributed by atoms with Gasteiger partial charge in [-0.15, -0.1) is 0 Å². The molecule has 0 saturated heterocycles. The number of rotatable bonds is 9. The van der Waals surface area contributed by atoms with Gasteiger partial charge in [-0.25, -0.2) is 9.59 Å². The number of ether oxygens (including phenoxy) is 3. The van der Waals surface area contributed by atoms with E-state index in [1.54, 1.807) is 52.1 Å². The molecular formula is C25H32N2O6. The van der Waals surface area contributed by atoms with Gasteiger partial charge in [0.25, 0.3) is 0 Å². The highest BCUT2D eigenvalue weighted by Gasteiger charge is 2.28. The Kier molecular flexibility index (Phi) is 9.27. The van der Waals surface area contributed by atoms with E-state index in [9.17, 15) is 14.4 Å². The first-order valence-corrected chi connectivity index (χ1v) is 10.7. The predicted molar refractivity (Wildman–Crippen MR) is 124 cm³/mol. The van der Waals surface area contributed by atoms with Gasteiger partial charge in [0, 0.05) is 6.42 Å². The van der Waals surface area contributed by atoms with E-state index >= 15 is 0 Å². The lowest BCUT2D eigenvalue weighted by atomic mass is 10.0. The van der Waals surface area contributed by atoms with Crippen molar-refractivity contribution >= 4 is 18.0 Å². The second kappa shape index (κ2) is 11.9. The molecule has 0 aromatic heterocycles. The van der Waals surface area contributed by atoms with Crippen molar-refractivity contribution in [3.8, 4) is 5.75 Å². The number of hydrogen-bond donors (Lipinski definition) is 2. The highest BCUT2D eigenvalue weighted by molar-refractivity contribution is 5.89. The highest BCUT2D eigenvalue weighted by atomic mass is 16.6. The number of carbonyl (C=O) groups excluding carboxylic acids is 3. The minimum absolute atomic E-state index is 0.0673. The van der Waals surface area contributed by atoms with E-state index in [-0.39, 0.29) is 13.0 Å². The maximum absolute atomic E-state index is 12.9. The molecule has 0 aliphatic rings. The molecule has 33 heavy (non-hydrogen) atoms. The zero-order valence-corrected chi connectivity index (χ0v) is 19.7. The molecule has 178 valence electrons. The Morgan fingerprint density at radius 2 is 1.55 bits per heavy atom. The van der Waals surface area contributed by atoms with Crippen LogP contribution in [0.25, 0.3) is 0 Å². The molecule has 8 nitrogen and oxygen atoms in total. The van der Waals surface area contributed by atoms with E-state index in [1.807, 2.05) is 30.3 Å². The van der Waals surface area contributed by atoms with Gasteiger partial charge >= 0.3 is 12.1 Å². The van der Waals surface area contributed by atoms with Crippen molar-refractivity contribution in [2.45, 2.75) is 58.4 Å². The molecule has 0 bridgehead atoms. The first kappa shape index (κ1) is 25.7. The Bertz CT molecular complexity index is 922. The average molecular weight is 457 g/mol. The fraction of sp³-hybridized carbons (Fsp3) is 0.400. The number of methoxy groups -OCH3 is 1. The third-order valence-electron chi connectivity index (χ3n) is 4.54. The first-order chi connectivity index (χ1) is 15.6. The van der Waals surface area contributed by atoms with Crippen LogP contribution in [0.4, 0.5) is 4.79 Å². The van der Waals surface area contributed by atoms with E-state index in [4.69, 9.17) is 14.2 Å². The standard InChI is InChI=1S/C25H32N2O6/c1-17(23(29)33-25(2,3)4)26-22(28)21(15-18-11-13-20(31-5)14-12-18)27-24(30)32-16-19-9-7-6-8-10-19/h6-14,17,21H,15-16H2,1-5H3,(H,26,28)(H,27,30)/t17-,21-/m0/s1. The number of hydrogen-bond acceptors (Lipinski definition) is 6. The lowest BCUT2D eigenvalue weighted by Gasteiger charge is -2.24. The summed E-state index contributed by atoms with van der Waals surface area (Å²) in [6.07, 6.45) is -0.547. The molecule has 2 aromatic rings. The summed E-state index contributed by atoms with van der Waals surface area (Å²) in [5.74, 6) is -0.417. The van der Waals surface area contributed by atoms with Crippen LogP contribution in [0.2, 0.25) is 0 Å². The molecule has 0 aliphatic carbocycles. The topological polar surface area (TPSA) is 103 Å². The number of benzene rings is 2. The van der Waals surface area contributed by atoms with Gasteiger partial charge < -0.3 is 24.8 Å². The summed E-state index contributed by atoms with van der Waals surface area (Å²) in [4.78, 5) is 37.6. The lowest BCUT2D eigenvalue weighted by Crippen LogP contribution is -2.52. The number of alkyl carbamates (subject to hydrolysis) is 1. The third kappa shape index (κ3) is 9.22. The number of carbonyl (C=O) groups is 3. The van der Waals surface area contributed by atoms with Crippen molar-refractivity contribution < 1.29 is 28.6 Å². The third-order valence-corrected chi connectivity index (χ3v) is 4.54. The summed E-state index contributed by atoms with van der Waals surface area (Å²) in [6, 6.07) is 14.5. The fourth-order valence-electron chi connectivity index (χ4n) is 2.88. The van der Waals surface area contributed by atoms with Gasteiger partial charge in [-0.3, -0.25) is 4.79 Å². The molecule has 8 heteroatoms. The molecule has 2 N–H and O–H groups in total.